The van der Waals surface area contributed by atoms with Crippen LogP contribution in [0.25, 0.3) is 11.2 Å². The largest absolute Gasteiger partial charge is 0.365 e. The van der Waals surface area contributed by atoms with Crippen LogP contribution in [0.2, 0.25) is 5.28 Å². The van der Waals surface area contributed by atoms with Gasteiger partial charge >= 0.3 is 0 Å². The molecular weight excluding hydrogens is 506 g/mol. The summed E-state index contributed by atoms with van der Waals surface area (Å²) < 4.78 is 15.3. The van der Waals surface area contributed by atoms with Gasteiger partial charge in [0.1, 0.15) is 6.10 Å². The predicted octanol–water partition coefficient (Wildman–Crippen LogP) is 6.47. The Hall–Kier alpha value is -1.09. The number of aromatic nitrogens is 4. The normalized spacial score (nSPS) is 35.1. The van der Waals surface area contributed by atoms with Crippen LogP contribution in [0.1, 0.15) is 84.6 Å². The van der Waals surface area contributed by atoms with Crippen LogP contribution in [0.5, 0.6) is 0 Å². The molecule has 0 radical (unpaired) electrons. The second kappa shape index (κ2) is 9.24. The molecule has 2 aromatic heterocycles. The molecule has 7 rings (SSSR count). The highest BCUT2D eigenvalue weighted by molar-refractivity contribution is 7.99. The maximum Gasteiger partial charge on any atom is 0.226 e. The van der Waals surface area contributed by atoms with Gasteiger partial charge in [-0.25, -0.2) is 4.98 Å². The molecule has 4 aliphatic carbocycles. The Morgan fingerprint density at radius 2 is 1.81 bits per heavy atom. The summed E-state index contributed by atoms with van der Waals surface area (Å²) in [6.45, 7) is 6.32. The van der Waals surface area contributed by atoms with E-state index in [-0.39, 0.29) is 28.9 Å². The summed E-state index contributed by atoms with van der Waals surface area (Å²) in [4.78, 5) is 14.4. The van der Waals surface area contributed by atoms with Crippen LogP contribution >= 0.6 is 23.4 Å². The molecule has 9 heteroatoms. The second-order valence-corrected chi connectivity index (χ2v) is 14.2. The van der Waals surface area contributed by atoms with E-state index < -0.39 is 5.79 Å². The van der Waals surface area contributed by atoms with Crippen molar-refractivity contribution in [2.24, 2.45) is 23.2 Å². The molecule has 5 fully saturated rings. The minimum atomic E-state index is -0.573. The van der Waals surface area contributed by atoms with Crippen LogP contribution in [0.3, 0.4) is 0 Å². The standard InChI is InChI=1S/C28H40ClN5O2S/c1-4-37-14-28-13-18(28)21(22-23(28)36-27(2,3)35-22)34-15-30-20-24(32-26(29)33-25(20)34)31-19(16-9-5-6-10-16)17-11-7-8-12-17/h15-19,21-23H,4-14H2,1-3H3,(H,31,32,33)/t18-,21-,22+,23+,28+/m1/s1. The maximum absolute atomic E-state index is 6.60. The van der Waals surface area contributed by atoms with Crippen LogP contribution in [-0.2, 0) is 9.47 Å². The molecule has 0 aromatic carbocycles. The van der Waals surface area contributed by atoms with Crippen molar-refractivity contribution in [3.8, 4) is 0 Å². The number of imidazole rings is 1. The van der Waals surface area contributed by atoms with Gasteiger partial charge in [0.2, 0.25) is 5.28 Å². The Labute approximate surface area is 229 Å². The lowest BCUT2D eigenvalue weighted by Crippen LogP contribution is -2.35. The average Bonchev–Trinajstić information content (AvgIpc) is 3.49. The fourth-order valence-corrected chi connectivity index (χ4v) is 9.61. The summed E-state index contributed by atoms with van der Waals surface area (Å²) in [6, 6.07) is 0.586. The van der Waals surface area contributed by atoms with E-state index in [0.717, 1.165) is 28.5 Å². The Bertz CT molecular complexity index is 1150. The first-order chi connectivity index (χ1) is 17.9. The monoisotopic (exact) mass is 545 g/mol. The van der Waals surface area contributed by atoms with Crippen molar-refractivity contribution < 1.29 is 9.47 Å². The highest BCUT2D eigenvalue weighted by Crippen LogP contribution is 2.72. The SMILES string of the molecule is CCSC[C@@]12C[C@@H]1[C@@H](n1cnc3c(NC(C4CCCC4)C4CCCC4)nc(Cl)nc31)[C@@H]1OC(C)(C)O[C@@H]12. The molecule has 7 nitrogen and oxygen atoms in total. The second-order valence-electron chi connectivity index (χ2n) is 12.6. The molecule has 1 aliphatic heterocycles. The molecule has 5 aliphatic rings. The van der Waals surface area contributed by atoms with Crippen molar-refractivity contribution in [1.82, 2.24) is 19.5 Å². The number of nitrogens with zero attached hydrogens (tertiary/aromatic N) is 4. The van der Waals surface area contributed by atoms with E-state index in [9.17, 15) is 0 Å². The van der Waals surface area contributed by atoms with E-state index in [2.05, 4.69) is 16.8 Å². The number of rotatable bonds is 8. The summed E-state index contributed by atoms with van der Waals surface area (Å²) in [5.74, 6) is 4.39. The molecule has 4 saturated carbocycles. The van der Waals surface area contributed by atoms with E-state index in [4.69, 9.17) is 36.0 Å². The fraction of sp³-hybridized carbons (Fsp3) is 0.821. The Balaban J connectivity index is 1.24. The van der Waals surface area contributed by atoms with Crippen molar-refractivity contribution in [1.29, 1.82) is 0 Å². The van der Waals surface area contributed by atoms with E-state index in [1.807, 2.05) is 31.9 Å². The molecule has 202 valence electrons. The van der Waals surface area contributed by atoms with Gasteiger partial charge in [-0.3, -0.25) is 0 Å². The van der Waals surface area contributed by atoms with Crippen molar-refractivity contribution in [3.05, 3.63) is 11.6 Å². The van der Waals surface area contributed by atoms with Gasteiger partial charge in [-0.1, -0.05) is 32.6 Å². The third kappa shape index (κ3) is 4.11. The van der Waals surface area contributed by atoms with Crippen LogP contribution < -0.4 is 5.32 Å². The predicted molar refractivity (Wildman–Crippen MR) is 148 cm³/mol. The number of halogens is 1. The number of hydrogen-bond acceptors (Lipinski definition) is 7. The van der Waals surface area contributed by atoms with Crippen molar-refractivity contribution in [3.63, 3.8) is 0 Å². The Morgan fingerprint density at radius 3 is 2.49 bits per heavy atom. The highest BCUT2D eigenvalue weighted by Gasteiger charge is 2.75. The third-order valence-electron chi connectivity index (χ3n) is 10.0. The zero-order chi connectivity index (χ0) is 25.4. The molecule has 5 atom stereocenters. The first-order valence-electron chi connectivity index (χ1n) is 14.5. The molecule has 1 N–H and O–H groups in total. The van der Waals surface area contributed by atoms with Crippen LogP contribution in [0.15, 0.2) is 6.33 Å². The highest BCUT2D eigenvalue weighted by atomic mass is 35.5. The molecule has 0 amide bonds. The topological polar surface area (TPSA) is 74.1 Å². The van der Waals surface area contributed by atoms with Crippen LogP contribution in [-0.4, -0.2) is 55.1 Å². The lowest BCUT2D eigenvalue weighted by atomic mass is 9.86. The maximum atomic E-state index is 6.60. The van der Waals surface area contributed by atoms with Gasteiger partial charge in [0, 0.05) is 17.2 Å². The number of fused-ring (bicyclic) bond motifs is 4. The summed E-state index contributed by atoms with van der Waals surface area (Å²) in [6.07, 6.45) is 13.8. The van der Waals surface area contributed by atoms with Crippen LogP contribution in [0.4, 0.5) is 5.82 Å². The summed E-state index contributed by atoms with van der Waals surface area (Å²) in [7, 11) is 0. The van der Waals surface area contributed by atoms with Crippen molar-refractivity contribution >= 4 is 40.3 Å². The fourth-order valence-electron chi connectivity index (χ4n) is 8.36. The molecule has 3 heterocycles. The summed E-state index contributed by atoms with van der Waals surface area (Å²) in [5.41, 5.74) is 1.83. The number of hydrogen-bond donors (Lipinski definition) is 1. The quantitative estimate of drug-likeness (QED) is 0.381. The molecule has 0 unspecified atom stereocenters. The van der Waals surface area contributed by atoms with Crippen LogP contribution in [0, 0.1) is 23.2 Å². The molecule has 0 spiro atoms. The van der Waals surface area contributed by atoms with Crippen molar-refractivity contribution in [2.45, 2.75) is 109 Å². The number of anilines is 1. The zero-order valence-electron chi connectivity index (χ0n) is 22.3. The van der Waals surface area contributed by atoms with Gasteiger partial charge in [-0.05, 0) is 81.1 Å². The van der Waals surface area contributed by atoms with E-state index in [1.54, 1.807) is 0 Å². The smallest absolute Gasteiger partial charge is 0.226 e. The van der Waals surface area contributed by atoms with Gasteiger partial charge in [-0.2, -0.15) is 21.7 Å². The van der Waals surface area contributed by atoms with Gasteiger partial charge < -0.3 is 19.4 Å². The van der Waals surface area contributed by atoms with Gasteiger partial charge in [0.25, 0.3) is 0 Å². The van der Waals surface area contributed by atoms with Gasteiger partial charge in [-0.15, -0.1) is 0 Å². The minimum Gasteiger partial charge on any atom is -0.365 e. The zero-order valence-corrected chi connectivity index (χ0v) is 23.9. The molecule has 0 bridgehead atoms. The number of nitrogens with one attached hydrogen (secondary N) is 1. The molecule has 2 aromatic rings. The molecule has 1 saturated heterocycles. The van der Waals surface area contributed by atoms with Gasteiger partial charge in [0.15, 0.2) is 22.8 Å². The van der Waals surface area contributed by atoms with E-state index >= 15 is 0 Å². The Morgan fingerprint density at radius 1 is 1.11 bits per heavy atom. The first-order valence-corrected chi connectivity index (χ1v) is 16.0. The average molecular weight is 546 g/mol. The van der Waals surface area contributed by atoms with Crippen molar-refractivity contribution in [2.75, 3.05) is 16.8 Å². The lowest BCUT2D eigenvalue weighted by molar-refractivity contribution is -0.160. The molecule has 37 heavy (non-hydrogen) atoms. The number of thioether (sulfide) groups is 1. The van der Waals surface area contributed by atoms with E-state index in [0.29, 0.717) is 23.8 Å². The van der Waals surface area contributed by atoms with E-state index in [1.165, 1.54) is 57.8 Å². The summed E-state index contributed by atoms with van der Waals surface area (Å²) in [5, 5.41) is 4.18. The first kappa shape index (κ1) is 24.9. The minimum absolute atomic E-state index is 0.00141. The summed E-state index contributed by atoms with van der Waals surface area (Å²) >= 11 is 8.62. The number of ether oxygens (including phenoxy) is 2. The third-order valence-corrected chi connectivity index (χ3v) is 11.4. The lowest BCUT2D eigenvalue weighted by Gasteiger charge is -2.30. The Kier molecular flexibility index (Phi) is 6.22. The van der Waals surface area contributed by atoms with Gasteiger partial charge in [0.05, 0.1) is 18.5 Å². The molecular formula is C28H40ClN5O2S.